The largest absolute Gasteiger partial charge is 0.294 e. The quantitative estimate of drug-likeness (QED) is 0.297. The van der Waals surface area contributed by atoms with E-state index in [-0.39, 0.29) is 0 Å². The van der Waals surface area contributed by atoms with E-state index in [1.807, 2.05) is 0 Å². The van der Waals surface area contributed by atoms with Gasteiger partial charge in [0, 0.05) is 12.0 Å². The van der Waals surface area contributed by atoms with Gasteiger partial charge in [0.05, 0.1) is 0 Å². The van der Waals surface area contributed by atoms with Gasteiger partial charge in [-0.25, -0.2) is 0 Å². The van der Waals surface area contributed by atoms with E-state index in [0.717, 1.165) is 36.2 Å². The molecular formula is C34H48O. The molecule has 0 radical (unpaired) electrons. The van der Waals surface area contributed by atoms with Crippen molar-refractivity contribution >= 4 is 5.78 Å². The number of carbonyl (C=O) groups excluding carboxylic acids is 1. The van der Waals surface area contributed by atoms with Gasteiger partial charge in [0.15, 0.2) is 5.78 Å². The van der Waals surface area contributed by atoms with Crippen molar-refractivity contribution in [1.29, 1.82) is 0 Å². The zero-order valence-electron chi connectivity index (χ0n) is 22.4. The average molecular weight is 473 g/mol. The SMILES string of the molecule is CCCC1CCC(c2ccc(CCCC(=O)c3ccc(C4CCC(CCC)CC4)cc3)cc2)CC1. The van der Waals surface area contributed by atoms with E-state index in [4.69, 9.17) is 0 Å². The fraction of sp³-hybridized carbons (Fsp3) is 0.618. The zero-order valence-corrected chi connectivity index (χ0v) is 22.4. The number of carbonyl (C=O) groups is 1. The molecule has 2 aromatic rings. The lowest BCUT2D eigenvalue weighted by molar-refractivity contribution is 0.0980. The zero-order chi connectivity index (χ0) is 24.5. The predicted octanol–water partition coefficient (Wildman–Crippen LogP) is 10.0. The summed E-state index contributed by atoms with van der Waals surface area (Å²) in [4.78, 5) is 12.8. The van der Waals surface area contributed by atoms with Crippen LogP contribution in [0.3, 0.4) is 0 Å². The first kappa shape index (κ1) is 26.2. The number of ketones is 1. The van der Waals surface area contributed by atoms with E-state index >= 15 is 0 Å². The molecule has 0 amide bonds. The molecule has 0 saturated heterocycles. The molecule has 0 aliphatic heterocycles. The summed E-state index contributed by atoms with van der Waals surface area (Å²) in [7, 11) is 0. The number of hydrogen-bond donors (Lipinski definition) is 0. The lowest BCUT2D eigenvalue weighted by atomic mass is 9.77. The molecule has 1 nitrogen and oxygen atoms in total. The lowest BCUT2D eigenvalue weighted by Gasteiger charge is -2.28. The fourth-order valence-corrected chi connectivity index (χ4v) is 6.88. The molecule has 2 aliphatic rings. The smallest absolute Gasteiger partial charge is 0.162 e. The summed E-state index contributed by atoms with van der Waals surface area (Å²) in [6.45, 7) is 4.62. The first-order valence-corrected chi connectivity index (χ1v) is 14.9. The molecule has 0 spiro atoms. The summed E-state index contributed by atoms with van der Waals surface area (Å²) in [5.74, 6) is 3.66. The van der Waals surface area contributed by atoms with Crippen LogP contribution in [0.4, 0.5) is 0 Å². The van der Waals surface area contributed by atoms with E-state index < -0.39 is 0 Å². The summed E-state index contributed by atoms with van der Waals surface area (Å²) in [5, 5.41) is 0. The van der Waals surface area contributed by atoms with Crippen molar-refractivity contribution < 1.29 is 4.79 Å². The molecule has 4 rings (SSSR count). The van der Waals surface area contributed by atoms with Gasteiger partial charge in [0.25, 0.3) is 0 Å². The molecule has 0 aromatic heterocycles. The minimum atomic E-state index is 0.295. The number of hydrogen-bond acceptors (Lipinski definition) is 1. The van der Waals surface area contributed by atoms with Crippen LogP contribution in [0, 0.1) is 11.8 Å². The average Bonchev–Trinajstić information content (AvgIpc) is 2.90. The minimum Gasteiger partial charge on any atom is -0.294 e. The Hall–Kier alpha value is -1.89. The molecule has 0 bridgehead atoms. The van der Waals surface area contributed by atoms with Gasteiger partial charge in [-0.3, -0.25) is 4.79 Å². The van der Waals surface area contributed by atoms with E-state index in [1.54, 1.807) is 0 Å². The molecular weight excluding hydrogens is 424 g/mol. The van der Waals surface area contributed by atoms with Crippen molar-refractivity contribution in [3.05, 3.63) is 70.8 Å². The van der Waals surface area contributed by atoms with Gasteiger partial charge in [-0.15, -0.1) is 0 Å². The highest BCUT2D eigenvalue weighted by Crippen LogP contribution is 2.38. The van der Waals surface area contributed by atoms with Crippen LogP contribution in [0.5, 0.6) is 0 Å². The maximum absolute atomic E-state index is 12.8. The van der Waals surface area contributed by atoms with Crippen molar-refractivity contribution in [2.24, 2.45) is 11.8 Å². The maximum Gasteiger partial charge on any atom is 0.162 e. The lowest BCUT2D eigenvalue weighted by Crippen LogP contribution is -2.13. The molecule has 0 unspecified atom stereocenters. The third-order valence-corrected chi connectivity index (χ3v) is 9.11. The molecule has 0 N–H and O–H groups in total. The van der Waals surface area contributed by atoms with E-state index in [2.05, 4.69) is 62.4 Å². The Morgan fingerprint density at radius 1 is 0.657 bits per heavy atom. The van der Waals surface area contributed by atoms with Crippen molar-refractivity contribution in [2.75, 3.05) is 0 Å². The molecule has 0 atom stereocenters. The Morgan fingerprint density at radius 2 is 1.11 bits per heavy atom. The molecule has 1 heteroatoms. The van der Waals surface area contributed by atoms with Crippen LogP contribution >= 0.6 is 0 Å². The van der Waals surface area contributed by atoms with Crippen LogP contribution in [0.25, 0.3) is 0 Å². The summed E-state index contributed by atoms with van der Waals surface area (Å²) >= 11 is 0. The molecule has 0 heterocycles. The first-order chi connectivity index (χ1) is 17.2. The Labute approximate surface area is 215 Å². The van der Waals surface area contributed by atoms with E-state index in [9.17, 15) is 4.79 Å². The summed E-state index contributed by atoms with van der Waals surface area (Å²) < 4.78 is 0. The molecule has 35 heavy (non-hydrogen) atoms. The van der Waals surface area contributed by atoms with Gasteiger partial charge >= 0.3 is 0 Å². The van der Waals surface area contributed by atoms with Crippen LogP contribution in [-0.4, -0.2) is 5.78 Å². The van der Waals surface area contributed by atoms with Gasteiger partial charge in [0.2, 0.25) is 0 Å². The topological polar surface area (TPSA) is 17.1 Å². The van der Waals surface area contributed by atoms with Gasteiger partial charge < -0.3 is 0 Å². The monoisotopic (exact) mass is 472 g/mol. The number of aryl methyl sites for hydroxylation is 1. The van der Waals surface area contributed by atoms with E-state index in [0.29, 0.717) is 18.1 Å². The van der Waals surface area contributed by atoms with Gasteiger partial charge in [0.1, 0.15) is 0 Å². The van der Waals surface area contributed by atoms with Crippen molar-refractivity contribution in [3.8, 4) is 0 Å². The highest BCUT2D eigenvalue weighted by molar-refractivity contribution is 5.96. The van der Waals surface area contributed by atoms with Crippen LogP contribution < -0.4 is 0 Å². The van der Waals surface area contributed by atoms with Crippen LogP contribution in [0.1, 0.15) is 143 Å². The standard InChI is InChI=1S/C34H48O/c1-3-6-26-10-16-29(17-11-26)30-20-14-28(15-21-30)8-5-9-34(35)33-24-22-32(23-25-33)31-18-12-27(7-4-2)13-19-31/h14-15,20-27,29,31H,3-13,16-19H2,1-2H3. The summed E-state index contributed by atoms with van der Waals surface area (Å²) in [6, 6.07) is 18.0. The van der Waals surface area contributed by atoms with Crippen LogP contribution in [-0.2, 0) is 6.42 Å². The second-order valence-electron chi connectivity index (χ2n) is 11.7. The predicted molar refractivity (Wildman–Crippen MR) is 149 cm³/mol. The highest BCUT2D eigenvalue weighted by atomic mass is 16.1. The van der Waals surface area contributed by atoms with Gasteiger partial charge in [-0.05, 0) is 105 Å². The Bertz CT molecular complexity index is 877. The second-order valence-corrected chi connectivity index (χ2v) is 11.7. The third-order valence-electron chi connectivity index (χ3n) is 9.11. The van der Waals surface area contributed by atoms with Gasteiger partial charge in [-0.1, -0.05) is 88.1 Å². The molecule has 190 valence electrons. The first-order valence-electron chi connectivity index (χ1n) is 14.9. The summed E-state index contributed by atoms with van der Waals surface area (Å²) in [6.07, 6.45) is 18.9. The second kappa shape index (κ2) is 13.4. The normalized spacial score (nSPS) is 24.9. The Kier molecular flexibility index (Phi) is 10.0. The van der Waals surface area contributed by atoms with Crippen molar-refractivity contribution in [1.82, 2.24) is 0 Å². The molecule has 2 aliphatic carbocycles. The van der Waals surface area contributed by atoms with Crippen LogP contribution in [0.2, 0.25) is 0 Å². The van der Waals surface area contributed by atoms with Crippen LogP contribution in [0.15, 0.2) is 48.5 Å². The number of Topliss-reactive ketones (excluding diaryl/α,β-unsaturated/α-hetero) is 1. The number of benzene rings is 2. The van der Waals surface area contributed by atoms with Gasteiger partial charge in [-0.2, -0.15) is 0 Å². The van der Waals surface area contributed by atoms with Crippen molar-refractivity contribution in [3.63, 3.8) is 0 Å². The Balaban J connectivity index is 1.19. The highest BCUT2D eigenvalue weighted by Gasteiger charge is 2.23. The molecule has 2 aromatic carbocycles. The Morgan fingerprint density at radius 3 is 1.57 bits per heavy atom. The third kappa shape index (κ3) is 7.55. The van der Waals surface area contributed by atoms with E-state index in [1.165, 1.54) is 93.7 Å². The maximum atomic E-state index is 12.8. The fourth-order valence-electron chi connectivity index (χ4n) is 6.88. The minimum absolute atomic E-state index is 0.295. The summed E-state index contributed by atoms with van der Waals surface area (Å²) in [5.41, 5.74) is 5.23. The molecule has 2 fully saturated rings. The number of rotatable bonds is 11. The van der Waals surface area contributed by atoms with Crippen molar-refractivity contribution in [2.45, 2.75) is 122 Å². The molecule has 2 saturated carbocycles.